The number of hydrogen-bond donors (Lipinski definition) is 0. The Morgan fingerprint density at radius 3 is 2.89 bits per heavy atom. The van der Waals surface area contributed by atoms with Crippen LogP contribution in [0.2, 0.25) is 0 Å². The first-order valence-corrected chi connectivity index (χ1v) is 3.69. The standard InChI is InChI=1S/C8H15N/c1-8-6-4-3-5-7-9(8)2/h1,3-7H2,2H3. The number of allylic oxidation sites excluding steroid dienone is 1. The van der Waals surface area contributed by atoms with E-state index >= 15 is 0 Å². The maximum Gasteiger partial charge on any atom is 0.0171 e. The Morgan fingerprint density at radius 2 is 2.11 bits per heavy atom. The maximum absolute atomic E-state index is 3.98. The molecule has 0 aliphatic carbocycles. The second kappa shape index (κ2) is 2.90. The zero-order chi connectivity index (χ0) is 6.69. The van der Waals surface area contributed by atoms with Crippen molar-refractivity contribution in [1.82, 2.24) is 4.90 Å². The lowest BCUT2D eigenvalue weighted by Crippen LogP contribution is -2.15. The van der Waals surface area contributed by atoms with Gasteiger partial charge in [-0.3, -0.25) is 0 Å². The molecule has 0 atom stereocenters. The molecule has 1 aliphatic heterocycles. The van der Waals surface area contributed by atoms with Crippen LogP contribution in [-0.2, 0) is 0 Å². The Morgan fingerprint density at radius 1 is 1.33 bits per heavy atom. The molecule has 0 aromatic carbocycles. The van der Waals surface area contributed by atoms with Gasteiger partial charge in [0.05, 0.1) is 0 Å². The van der Waals surface area contributed by atoms with E-state index in [0.717, 1.165) is 0 Å². The smallest absolute Gasteiger partial charge is 0.0171 e. The number of nitrogens with zero attached hydrogens (tertiary/aromatic N) is 1. The van der Waals surface area contributed by atoms with Gasteiger partial charge >= 0.3 is 0 Å². The summed E-state index contributed by atoms with van der Waals surface area (Å²) in [7, 11) is 2.13. The summed E-state index contributed by atoms with van der Waals surface area (Å²) in [5, 5.41) is 0. The van der Waals surface area contributed by atoms with Gasteiger partial charge in [0.2, 0.25) is 0 Å². The van der Waals surface area contributed by atoms with E-state index in [0.29, 0.717) is 0 Å². The van der Waals surface area contributed by atoms with Crippen molar-refractivity contribution < 1.29 is 0 Å². The lowest BCUT2D eigenvalue weighted by atomic mass is 10.2. The van der Waals surface area contributed by atoms with Gasteiger partial charge < -0.3 is 4.90 Å². The van der Waals surface area contributed by atoms with E-state index in [4.69, 9.17) is 0 Å². The van der Waals surface area contributed by atoms with Crippen LogP contribution >= 0.6 is 0 Å². The monoisotopic (exact) mass is 125 g/mol. The largest absolute Gasteiger partial charge is 0.378 e. The van der Waals surface area contributed by atoms with Gasteiger partial charge in [-0.1, -0.05) is 13.0 Å². The fourth-order valence-electron chi connectivity index (χ4n) is 1.20. The fourth-order valence-corrected chi connectivity index (χ4v) is 1.20. The Bertz CT molecular complexity index is 107. The first kappa shape index (κ1) is 6.66. The topological polar surface area (TPSA) is 3.24 Å². The summed E-state index contributed by atoms with van der Waals surface area (Å²) in [4.78, 5) is 2.27. The highest BCUT2D eigenvalue weighted by atomic mass is 15.1. The molecule has 1 saturated heterocycles. The third-order valence-electron chi connectivity index (χ3n) is 2.00. The molecule has 0 aromatic rings. The molecular formula is C8H15N. The molecule has 1 fully saturated rings. The first-order chi connectivity index (χ1) is 4.30. The van der Waals surface area contributed by atoms with Crippen molar-refractivity contribution in [2.45, 2.75) is 25.7 Å². The van der Waals surface area contributed by atoms with E-state index in [1.54, 1.807) is 0 Å². The van der Waals surface area contributed by atoms with Crippen molar-refractivity contribution >= 4 is 0 Å². The van der Waals surface area contributed by atoms with Gasteiger partial charge in [0.15, 0.2) is 0 Å². The van der Waals surface area contributed by atoms with Crippen LogP contribution in [0.4, 0.5) is 0 Å². The zero-order valence-corrected chi connectivity index (χ0v) is 6.19. The summed E-state index contributed by atoms with van der Waals surface area (Å²) >= 11 is 0. The first-order valence-electron chi connectivity index (χ1n) is 3.69. The van der Waals surface area contributed by atoms with Gasteiger partial charge in [-0.15, -0.1) is 0 Å². The Hall–Kier alpha value is -0.460. The summed E-state index contributed by atoms with van der Waals surface area (Å²) in [6.45, 7) is 5.19. The Labute approximate surface area is 57.4 Å². The van der Waals surface area contributed by atoms with Crippen LogP contribution in [0.1, 0.15) is 25.7 Å². The molecular weight excluding hydrogens is 110 g/mol. The van der Waals surface area contributed by atoms with Gasteiger partial charge in [0.1, 0.15) is 0 Å². The molecule has 0 aromatic heterocycles. The highest BCUT2D eigenvalue weighted by molar-refractivity contribution is 4.93. The van der Waals surface area contributed by atoms with Crippen LogP contribution < -0.4 is 0 Å². The van der Waals surface area contributed by atoms with Gasteiger partial charge in [-0.2, -0.15) is 0 Å². The normalized spacial score (nSPS) is 21.9. The molecule has 1 heterocycles. The minimum absolute atomic E-state index is 1.20. The molecule has 52 valence electrons. The number of hydrogen-bond acceptors (Lipinski definition) is 1. The van der Waals surface area contributed by atoms with Gasteiger partial charge in [-0.25, -0.2) is 0 Å². The van der Waals surface area contributed by atoms with Crippen molar-refractivity contribution in [3.05, 3.63) is 12.3 Å². The third kappa shape index (κ3) is 1.74. The van der Waals surface area contributed by atoms with Gasteiger partial charge in [0.25, 0.3) is 0 Å². The molecule has 1 rings (SSSR count). The lowest BCUT2D eigenvalue weighted by Gasteiger charge is -2.17. The Kier molecular flexibility index (Phi) is 2.15. The average molecular weight is 125 g/mol. The molecule has 0 N–H and O–H groups in total. The molecule has 9 heavy (non-hydrogen) atoms. The molecule has 0 bridgehead atoms. The van der Waals surface area contributed by atoms with Crippen molar-refractivity contribution in [3.63, 3.8) is 0 Å². The van der Waals surface area contributed by atoms with E-state index in [-0.39, 0.29) is 0 Å². The van der Waals surface area contributed by atoms with Gasteiger partial charge in [0, 0.05) is 19.3 Å². The van der Waals surface area contributed by atoms with Crippen LogP contribution in [-0.4, -0.2) is 18.5 Å². The Balaban J connectivity index is 2.41. The lowest BCUT2D eigenvalue weighted by molar-refractivity contribution is 0.419. The van der Waals surface area contributed by atoms with Crippen molar-refractivity contribution in [2.75, 3.05) is 13.6 Å². The molecule has 1 nitrogen and oxygen atoms in total. The highest BCUT2D eigenvalue weighted by Crippen LogP contribution is 2.15. The molecule has 0 unspecified atom stereocenters. The molecule has 0 radical (unpaired) electrons. The third-order valence-corrected chi connectivity index (χ3v) is 2.00. The molecule has 1 heteroatoms. The molecule has 0 saturated carbocycles. The quantitative estimate of drug-likeness (QED) is 0.478. The summed E-state index contributed by atoms with van der Waals surface area (Å²) in [5.74, 6) is 0. The van der Waals surface area contributed by atoms with Crippen LogP contribution in [0.5, 0.6) is 0 Å². The summed E-state index contributed by atoms with van der Waals surface area (Å²) in [6, 6.07) is 0. The molecule has 1 aliphatic rings. The second-order valence-corrected chi connectivity index (χ2v) is 2.80. The van der Waals surface area contributed by atoms with Crippen molar-refractivity contribution in [1.29, 1.82) is 0 Å². The zero-order valence-electron chi connectivity index (χ0n) is 6.19. The SMILES string of the molecule is C=C1CCCCCN1C. The van der Waals surface area contributed by atoms with E-state index in [2.05, 4.69) is 18.5 Å². The van der Waals surface area contributed by atoms with Crippen LogP contribution in [0, 0.1) is 0 Å². The second-order valence-electron chi connectivity index (χ2n) is 2.80. The highest BCUT2D eigenvalue weighted by Gasteiger charge is 2.05. The van der Waals surface area contributed by atoms with E-state index in [1.807, 2.05) is 0 Å². The molecule has 0 spiro atoms. The summed E-state index contributed by atoms with van der Waals surface area (Å²) in [6.07, 6.45) is 5.26. The summed E-state index contributed by atoms with van der Waals surface area (Å²) in [5.41, 5.74) is 1.31. The maximum atomic E-state index is 3.98. The minimum Gasteiger partial charge on any atom is -0.378 e. The molecule has 0 amide bonds. The number of rotatable bonds is 0. The fraction of sp³-hybridized carbons (Fsp3) is 0.750. The number of likely N-dealkylation sites (tertiary alicyclic amines) is 1. The van der Waals surface area contributed by atoms with Gasteiger partial charge in [-0.05, 0) is 19.3 Å². The van der Waals surface area contributed by atoms with Crippen LogP contribution in [0.15, 0.2) is 12.3 Å². The van der Waals surface area contributed by atoms with E-state index in [1.165, 1.54) is 37.9 Å². The summed E-state index contributed by atoms with van der Waals surface area (Å²) < 4.78 is 0. The van der Waals surface area contributed by atoms with Crippen LogP contribution in [0.3, 0.4) is 0 Å². The van der Waals surface area contributed by atoms with E-state index in [9.17, 15) is 0 Å². The average Bonchev–Trinajstić information content (AvgIpc) is 1.99. The predicted molar refractivity (Wildman–Crippen MR) is 40.2 cm³/mol. The van der Waals surface area contributed by atoms with E-state index < -0.39 is 0 Å². The van der Waals surface area contributed by atoms with Crippen LogP contribution in [0.25, 0.3) is 0 Å². The van der Waals surface area contributed by atoms with Crippen molar-refractivity contribution in [2.24, 2.45) is 0 Å². The minimum atomic E-state index is 1.20. The predicted octanol–water partition coefficient (Wildman–Crippen LogP) is 2.01. The van der Waals surface area contributed by atoms with Crippen molar-refractivity contribution in [3.8, 4) is 0 Å².